The zero-order valence-electron chi connectivity index (χ0n) is 14.0. The molecule has 1 aromatic carbocycles. The first-order valence-corrected chi connectivity index (χ1v) is 8.01. The van der Waals surface area contributed by atoms with Crippen LogP contribution in [0.3, 0.4) is 0 Å². The molecule has 0 saturated carbocycles. The summed E-state index contributed by atoms with van der Waals surface area (Å²) in [7, 11) is 3.39. The minimum Gasteiger partial charge on any atom is -0.497 e. The number of nitrogens with zero attached hydrogens (tertiary/aromatic N) is 2. The fourth-order valence-corrected chi connectivity index (χ4v) is 2.60. The highest BCUT2D eigenvalue weighted by molar-refractivity contribution is 5.96. The summed E-state index contributed by atoms with van der Waals surface area (Å²) >= 11 is 0. The fourth-order valence-electron chi connectivity index (χ4n) is 2.60. The molecule has 1 aromatic rings. The molecule has 1 heterocycles. The van der Waals surface area contributed by atoms with Gasteiger partial charge in [-0.25, -0.2) is 4.79 Å². The molecule has 3 amide bonds. The molecular formula is C17H25N3O3. The number of carbonyl (C=O) groups excluding carboxylic acids is 2. The van der Waals surface area contributed by atoms with Crippen LogP contribution < -0.4 is 15.0 Å². The Bertz CT molecular complexity index is 545. The third-order valence-electron chi connectivity index (χ3n) is 4.03. The van der Waals surface area contributed by atoms with Gasteiger partial charge in [0.15, 0.2) is 0 Å². The number of carbonyl (C=O) groups is 2. The minimum absolute atomic E-state index is 0.0247. The first kappa shape index (κ1) is 17.1. The van der Waals surface area contributed by atoms with Crippen LogP contribution in [0.1, 0.15) is 26.2 Å². The number of ether oxygens (including phenoxy) is 1. The summed E-state index contributed by atoms with van der Waals surface area (Å²) in [6.07, 6.45) is 2.36. The highest BCUT2D eigenvalue weighted by Gasteiger charge is 2.32. The van der Waals surface area contributed by atoms with E-state index in [1.807, 2.05) is 24.3 Å². The van der Waals surface area contributed by atoms with Crippen molar-refractivity contribution < 1.29 is 14.3 Å². The van der Waals surface area contributed by atoms with Crippen molar-refractivity contribution in [3.8, 4) is 5.75 Å². The molecule has 6 nitrogen and oxygen atoms in total. The predicted molar refractivity (Wildman–Crippen MR) is 89.8 cm³/mol. The molecule has 1 atom stereocenters. The Hall–Kier alpha value is -2.24. The Morgan fingerprint density at radius 1 is 1.39 bits per heavy atom. The minimum atomic E-state index is -0.152. The molecule has 0 radical (unpaired) electrons. The van der Waals surface area contributed by atoms with E-state index in [2.05, 4.69) is 12.2 Å². The van der Waals surface area contributed by atoms with E-state index in [-0.39, 0.29) is 18.0 Å². The topological polar surface area (TPSA) is 61.9 Å². The molecule has 1 fully saturated rings. The summed E-state index contributed by atoms with van der Waals surface area (Å²) in [5, 5.41) is 2.94. The number of methoxy groups -OCH3 is 1. The summed E-state index contributed by atoms with van der Waals surface area (Å²) in [5.41, 5.74) is 0.826. The van der Waals surface area contributed by atoms with Gasteiger partial charge < -0.3 is 19.9 Å². The molecule has 2 rings (SSSR count). The van der Waals surface area contributed by atoms with E-state index in [0.29, 0.717) is 13.0 Å². The maximum atomic E-state index is 12.2. The van der Waals surface area contributed by atoms with Gasteiger partial charge in [0.05, 0.1) is 13.2 Å². The van der Waals surface area contributed by atoms with Gasteiger partial charge in [-0.05, 0) is 30.7 Å². The second-order valence-electron chi connectivity index (χ2n) is 5.83. The molecule has 23 heavy (non-hydrogen) atoms. The second kappa shape index (κ2) is 7.85. The van der Waals surface area contributed by atoms with Gasteiger partial charge in [0.1, 0.15) is 5.75 Å². The highest BCUT2D eigenvalue weighted by atomic mass is 16.5. The summed E-state index contributed by atoms with van der Waals surface area (Å²) in [6.45, 7) is 3.32. The van der Waals surface area contributed by atoms with E-state index in [1.165, 1.54) is 0 Å². The predicted octanol–water partition coefficient (Wildman–Crippen LogP) is 2.24. The van der Waals surface area contributed by atoms with E-state index < -0.39 is 0 Å². The van der Waals surface area contributed by atoms with Gasteiger partial charge in [0.2, 0.25) is 5.91 Å². The summed E-state index contributed by atoms with van der Waals surface area (Å²) in [5.74, 6) is 0.777. The first-order valence-electron chi connectivity index (χ1n) is 8.01. The Kier molecular flexibility index (Phi) is 5.84. The third kappa shape index (κ3) is 4.37. The van der Waals surface area contributed by atoms with Crippen LogP contribution in [0.25, 0.3) is 0 Å². The van der Waals surface area contributed by atoms with Crippen LogP contribution in [0, 0.1) is 0 Å². The maximum absolute atomic E-state index is 12.2. The van der Waals surface area contributed by atoms with Crippen molar-refractivity contribution in [2.24, 2.45) is 0 Å². The molecule has 1 saturated heterocycles. The van der Waals surface area contributed by atoms with Gasteiger partial charge in [0, 0.05) is 32.2 Å². The lowest BCUT2D eigenvalue weighted by Crippen LogP contribution is -2.44. The summed E-state index contributed by atoms with van der Waals surface area (Å²) in [4.78, 5) is 27.7. The van der Waals surface area contributed by atoms with Crippen LogP contribution >= 0.6 is 0 Å². The number of hydrogen-bond donors (Lipinski definition) is 1. The molecule has 1 unspecified atom stereocenters. The summed E-state index contributed by atoms with van der Waals surface area (Å²) < 4.78 is 5.12. The number of nitrogens with one attached hydrogen (secondary N) is 1. The van der Waals surface area contributed by atoms with Crippen LogP contribution in [-0.2, 0) is 4.79 Å². The van der Waals surface area contributed by atoms with E-state index in [9.17, 15) is 9.59 Å². The molecule has 0 spiro atoms. The number of hydrogen-bond acceptors (Lipinski definition) is 3. The average molecular weight is 319 g/mol. The van der Waals surface area contributed by atoms with E-state index in [4.69, 9.17) is 4.74 Å². The van der Waals surface area contributed by atoms with E-state index >= 15 is 0 Å². The first-order chi connectivity index (χ1) is 11.0. The summed E-state index contributed by atoms with van der Waals surface area (Å²) in [6, 6.07) is 7.09. The number of urea groups is 1. The standard InChI is InChI=1S/C17H25N3O3/c1-4-5-10-19(2)17(22)18-13-11-16(21)20(12-13)14-6-8-15(23-3)9-7-14/h6-9,13H,4-5,10-12H2,1-3H3,(H,18,22). The lowest BCUT2D eigenvalue weighted by atomic mass is 10.2. The lowest BCUT2D eigenvalue weighted by molar-refractivity contribution is -0.117. The number of unbranched alkanes of at least 4 members (excludes halogenated alkanes) is 1. The Morgan fingerprint density at radius 3 is 2.70 bits per heavy atom. The van der Waals surface area contributed by atoms with Crippen molar-refractivity contribution >= 4 is 17.6 Å². The van der Waals surface area contributed by atoms with Crippen molar-refractivity contribution in [3.05, 3.63) is 24.3 Å². The molecule has 1 N–H and O–H groups in total. The molecular weight excluding hydrogens is 294 g/mol. The normalized spacial score (nSPS) is 17.3. The fraction of sp³-hybridized carbons (Fsp3) is 0.529. The highest BCUT2D eigenvalue weighted by Crippen LogP contribution is 2.24. The van der Waals surface area contributed by atoms with Gasteiger partial charge in [-0.15, -0.1) is 0 Å². The van der Waals surface area contributed by atoms with E-state index in [0.717, 1.165) is 30.8 Å². The molecule has 0 bridgehead atoms. The average Bonchev–Trinajstić information content (AvgIpc) is 2.92. The number of anilines is 1. The SMILES string of the molecule is CCCCN(C)C(=O)NC1CC(=O)N(c2ccc(OC)cc2)C1. The smallest absolute Gasteiger partial charge is 0.317 e. The zero-order chi connectivity index (χ0) is 16.8. The van der Waals surface area contributed by atoms with Gasteiger partial charge in [-0.3, -0.25) is 4.79 Å². The van der Waals surface area contributed by atoms with E-state index in [1.54, 1.807) is 24.0 Å². The van der Waals surface area contributed by atoms with Gasteiger partial charge in [-0.1, -0.05) is 13.3 Å². The van der Waals surface area contributed by atoms with Crippen molar-refractivity contribution in [1.29, 1.82) is 0 Å². The quantitative estimate of drug-likeness (QED) is 0.875. The van der Waals surface area contributed by atoms with Crippen LogP contribution in [0.2, 0.25) is 0 Å². The molecule has 0 aliphatic carbocycles. The molecule has 6 heteroatoms. The van der Waals surface area contributed by atoms with Crippen molar-refractivity contribution in [2.45, 2.75) is 32.2 Å². The van der Waals surface area contributed by atoms with Crippen LogP contribution in [0.5, 0.6) is 5.75 Å². The Labute approximate surface area is 137 Å². The van der Waals surface area contributed by atoms with Gasteiger partial charge >= 0.3 is 6.03 Å². The second-order valence-corrected chi connectivity index (χ2v) is 5.83. The van der Waals surface area contributed by atoms with Crippen molar-refractivity contribution in [1.82, 2.24) is 10.2 Å². The van der Waals surface area contributed by atoms with Crippen LogP contribution in [-0.4, -0.2) is 50.1 Å². The van der Waals surface area contributed by atoms with Crippen molar-refractivity contribution in [3.63, 3.8) is 0 Å². The van der Waals surface area contributed by atoms with Crippen LogP contribution in [0.15, 0.2) is 24.3 Å². The Balaban J connectivity index is 1.92. The van der Waals surface area contributed by atoms with Gasteiger partial charge in [0.25, 0.3) is 0 Å². The van der Waals surface area contributed by atoms with Gasteiger partial charge in [-0.2, -0.15) is 0 Å². The number of amides is 3. The monoisotopic (exact) mass is 319 g/mol. The molecule has 1 aliphatic heterocycles. The number of rotatable bonds is 6. The largest absolute Gasteiger partial charge is 0.497 e. The van der Waals surface area contributed by atoms with Crippen LogP contribution in [0.4, 0.5) is 10.5 Å². The molecule has 1 aliphatic rings. The zero-order valence-corrected chi connectivity index (χ0v) is 14.0. The van der Waals surface area contributed by atoms with Crippen molar-refractivity contribution in [2.75, 3.05) is 32.1 Å². The molecule has 126 valence electrons. The Morgan fingerprint density at radius 2 is 2.09 bits per heavy atom. The third-order valence-corrected chi connectivity index (χ3v) is 4.03. The lowest BCUT2D eigenvalue weighted by Gasteiger charge is -2.21. The maximum Gasteiger partial charge on any atom is 0.317 e. The number of benzene rings is 1. The molecule has 0 aromatic heterocycles.